The van der Waals surface area contributed by atoms with E-state index in [1.54, 1.807) is 60.7 Å². The first-order valence-corrected chi connectivity index (χ1v) is 17.9. The molecule has 0 aliphatic heterocycles. The van der Waals surface area contributed by atoms with Gasteiger partial charge in [-0.15, -0.1) is 16.8 Å². The first kappa shape index (κ1) is 33.3. The topological polar surface area (TPSA) is 105 Å². The molecule has 0 aromatic heterocycles. The molecule has 8 nitrogen and oxygen atoms in total. The van der Waals surface area contributed by atoms with Gasteiger partial charge in [0.05, 0.1) is 0 Å². The Morgan fingerprint density at radius 2 is 0.735 bits per heavy atom. The van der Waals surface area contributed by atoms with Crippen molar-refractivity contribution in [2.45, 2.75) is 19.3 Å². The lowest BCUT2D eigenvalue weighted by Crippen LogP contribution is -2.21. The Labute approximate surface area is 286 Å². The predicted molar refractivity (Wildman–Crippen MR) is 189 cm³/mol. The van der Waals surface area contributed by atoms with Gasteiger partial charge >= 0.3 is 20.8 Å². The zero-order valence-electron chi connectivity index (χ0n) is 26.6. The molecule has 6 aromatic rings. The molecule has 0 unspecified atom stereocenters. The van der Waals surface area contributed by atoms with Gasteiger partial charge in [-0.25, -0.2) is 0 Å². The lowest BCUT2D eigenvalue weighted by Gasteiger charge is -2.28. The molecule has 10 heteroatoms. The van der Waals surface area contributed by atoms with Crippen molar-refractivity contribution in [3.05, 3.63) is 169 Å². The molecule has 0 N–H and O–H groups in total. The summed E-state index contributed by atoms with van der Waals surface area (Å²) in [5, 5.41) is 0. The second kappa shape index (κ2) is 13.9. The molecule has 0 heterocycles. The fourth-order valence-electron chi connectivity index (χ4n) is 5.28. The van der Waals surface area contributed by atoms with E-state index in [0.29, 0.717) is 11.1 Å². The Bertz CT molecular complexity index is 2100. The van der Waals surface area contributed by atoms with E-state index in [2.05, 4.69) is 0 Å². The highest BCUT2D eigenvalue weighted by Crippen LogP contribution is 2.41. The summed E-state index contributed by atoms with van der Waals surface area (Å²) in [6.07, 6.45) is 0. The van der Waals surface area contributed by atoms with Gasteiger partial charge in [0.15, 0.2) is 11.5 Å². The van der Waals surface area contributed by atoms with Crippen molar-refractivity contribution in [1.82, 2.24) is 0 Å². The number of hydrogen-bond acceptors (Lipinski definition) is 8. The van der Waals surface area contributed by atoms with Crippen LogP contribution in [-0.4, -0.2) is 16.8 Å². The van der Waals surface area contributed by atoms with Gasteiger partial charge in [0.2, 0.25) is 0 Å². The first-order valence-electron chi connectivity index (χ1n) is 15.3. The Kier molecular flexibility index (Phi) is 9.44. The average Bonchev–Trinajstić information content (AvgIpc) is 3.09. The van der Waals surface area contributed by atoms with Crippen LogP contribution in [0.15, 0.2) is 158 Å². The third kappa shape index (κ3) is 8.11. The van der Waals surface area contributed by atoms with Crippen LogP contribution in [0.4, 0.5) is 0 Å². The van der Waals surface area contributed by atoms with Crippen molar-refractivity contribution in [3.8, 4) is 45.3 Å². The van der Waals surface area contributed by atoms with Gasteiger partial charge in [0.1, 0.15) is 11.5 Å². The standard InChI is InChI=1S/C39H32O8S2/c1-39(2,31-23-25-37(35(27-31)29-15-7-3-8-16-29)46-48(40,41)44-33-19-11-5-12-20-33)32-24-26-38(36(28-32)30-17-9-4-10-18-30)47-49(42,43)45-34-21-13-6-14-22-34/h3-28H,1-2H3. The van der Waals surface area contributed by atoms with Gasteiger partial charge < -0.3 is 16.7 Å². The van der Waals surface area contributed by atoms with E-state index >= 15 is 0 Å². The molecule has 0 amide bonds. The molecule has 0 spiro atoms. The Hall–Kier alpha value is -5.58. The molecule has 0 aliphatic rings. The van der Waals surface area contributed by atoms with Gasteiger partial charge in [-0.2, -0.15) is 0 Å². The van der Waals surface area contributed by atoms with Crippen LogP contribution in [0.2, 0.25) is 0 Å². The highest BCUT2D eigenvalue weighted by atomic mass is 32.3. The van der Waals surface area contributed by atoms with Crippen LogP contribution in [-0.2, 0) is 26.2 Å². The van der Waals surface area contributed by atoms with Crippen LogP contribution >= 0.6 is 0 Å². The molecular formula is C39H32O8S2. The van der Waals surface area contributed by atoms with E-state index in [1.165, 1.54) is 24.3 Å². The number of para-hydroxylation sites is 2. The second-order valence-electron chi connectivity index (χ2n) is 11.6. The molecule has 248 valence electrons. The molecule has 6 rings (SSSR count). The van der Waals surface area contributed by atoms with Gasteiger partial charge in [-0.1, -0.05) is 123 Å². The summed E-state index contributed by atoms with van der Waals surface area (Å²) >= 11 is 0. The summed E-state index contributed by atoms with van der Waals surface area (Å²) in [4.78, 5) is 0. The summed E-state index contributed by atoms with van der Waals surface area (Å²) < 4.78 is 73.2. The fourth-order valence-corrected chi connectivity index (χ4v) is 6.77. The molecule has 0 saturated carbocycles. The van der Waals surface area contributed by atoms with Gasteiger partial charge in [0, 0.05) is 16.5 Å². The van der Waals surface area contributed by atoms with E-state index < -0.39 is 26.2 Å². The van der Waals surface area contributed by atoms with E-state index in [0.717, 1.165) is 22.3 Å². The highest BCUT2D eigenvalue weighted by Gasteiger charge is 2.28. The zero-order chi connectivity index (χ0) is 34.5. The van der Waals surface area contributed by atoms with Crippen LogP contribution in [0.1, 0.15) is 25.0 Å². The van der Waals surface area contributed by atoms with Crippen molar-refractivity contribution in [2.24, 2.45) is 0 Å². The second-order valence-corrected chi connectivity index (χ2v) is 13.9. The third-order valence-electron chi connectivity index (χ3n) is 7.84. The quantitative estimate of drug-likeness (QED) is 0.125. The van der Waals surface area contributed by atoms with Crippen molar-refractivity contribution in [3.63, 3.8) is 0 Å². The van der Waals surface area contributed by atoms with Crippen molar-refractivity contribution < 1.29 is 33.6 Å². The first-order chi connectivity index (χ1) is 23.5. The fraction of sp³-hybridized carbons (Fsp3) is 0.0769. The van der Waals surface area contributed by atoms with Crippen molar-refractivity contribution in [2.75, 3.05) is 0 Å². The van der Waals surface area contributed by atoms with Crippen LogP contribution in [0.3, 0.4) is 0 Å². The van der Waals surface area contributed by atoms with Gasteiger partial charge in [0.25, 0.3) is 0 Å². The summed E-state index contributed by atoms with van der Waals surface area (Å²) in [6, 6.07) is 45.4. The molecule has 0 bridgehead atoms. The Morgan fingerprint density at radius 3 is 1.08 bits per heavy atom. The maximum atomic E-state index is 13.0. The SMILES string of the molecule is CC(C)(c1ccc(OS(=O)(=O)Oc2ccccc2)c(-c2ccccc2)c1)c1ccc(OS(=O)(=O)Oc2ccccc2)c(-c2ccccc2)c1. The number of hydrogen-bond donors (Lipinski definition) is 0. The molecule has 0 aliphatic carbocycles. The van der Waals surface area contributed by atoms with E-state index in [1.807, 2.05) is 86.6 Å². The third-order valence-corrected chi connectivity index (χ3v) is 9.40. The summed E-state index contributed by atoms with van der Waals surface area (Å²) in [6.45, 7) is 4.04. The minimum absolute atomic E-state index is 0.0963. The Balaban J connectivity index is 1.38. The van der Waals surface area contributed by atoms with E-state index in [9.17, 15) is 16.8 Å². The van der Waals surface area contributed by atoms with E-state index in [4.69, 9.17) is 16.7 Å². The van der Waals surface area contributed by atoms with Crippen molar-refractivity contribution >= 4 is 20.8 Å². The van der Waals surface area contributed by atoms with E-state index in [-0.39, 0.29) is 23.0 Å². The van der Waals surface area contributed by atoms with Crippen molar-refractivity contribution in [1.29, 1.82) is 0 Å². The van der Waals surface area contributed by atoms with Gasteiger partial charge in [-0.3, -0.25) is 0 Å². The van der Waals surface area contributed by atoms with Crippen LogP contribution in [0.5, 0.6) is 23.0 Å². The molecular weight excluding hydrogens is 661 g/mol. The molecule has 49 heavy (non-hydrogen) atoms. The Morgan fingerprint density at radius 1 is 0.408 bits per heavy atom. The maximum Gasteiger partial charge on any atom is 0.501 e. The largest absolute Gasteiger partial charge is 0.501 e. The highest BCUT2D eigenvalue weighted by molar-refractivity contribution is 7.82. The van der Waals surface area contributed by atoms with Gasteiger partial charge in [-0.05, 0) is 70.8 Å². The number of rotatable bonds is 12. The summed E-state index contributed by atoms with van der Waals surface area (Å²) in [5.41, 5.74) is 3.58. The smallest absolute Gasteiger partial charge is 0.353 e. The predicted octanol–water partition coefficient (Wildman–Crippen LogP) is 8.75. The zero-order valence-corrected chi connectivity index (χ0v) is 28.2. The minimum Gasteiger partial charge on any atom is -0.353 e. The molecule has 0 radical (unpaired) electrons. The molecule has 0 saturated heterocycles. The maximum absolute atomic E-state index is 13.0. The lowest BCUT2D eigenvalue weighted by molar-refractivity contribution is 0.391. The summed E-state index contributed by atoms with van der Waals surface area (Å²) in [5.74, 6) is 0.447. The average molecular weight is 693 g/mol. The van der Waals surface area contributed by atoms with Crippen LogP contribution < -0.4 is 16.7 Å². The summed E-state index contributed by atoms with van der Waals surface area (Å²) in [7, 11) is -8.94. The lowest BCUT2D eigenvalue weighted by atomic mass is 9.76. The molecule has 6 aromatic carbocycles. The minimum atomic E-state index is -4.47. The van der Waals surface area contributed by atoms with Crippen LogP contribution in [0.25, 0.3) is 22.3 Å². The number of benzene rings is 6. The molecule has 0 fully saturated rings. The molecule has 0 atom stereocenters. The van der Waals surface area contributed by atoms with Crippen LogP contribution in [0, 0.1) is 0 Å². The monoisotopic (exact) mass is 692 g/mol. The normalized spacial score (nSPS) is 11.8.